The number of hydrogen-bond donors (Lipinski definition) is 0. The van der Waals surface area contributed by atoms with Gasteiger partial charge in [-0.05, 0) is 124 Å². The van der Waals surface area contributed by atoms with Crippen molar-refractivity contribution >= 4 is 17.1 Å². The lowest BCUT2D eigenvalue weighted by molar-refractivity contribution is 0.398. The SMILES string of the molecule is CC.CCCCCCCCC1(CCCCCCCC)c2cc(-c3ccc(C)cc3)ccc2-c2ccc(-c3ccc(N(c4ccccc4)c4ccc(C(C)(C)C)cc4)cc3)cc21. The second-order valence-corrected chi connectivity index (χ2v) is 18.5. The van der Waals surface area contributed by atoms with Gasteiger partial charge in [0, 0.05) is 22.5 Å². The van der Waals surface area contributed by atoms with Gasteiger partial charge >= 0.3 is 0 Å². The van der Waals surface area contributed by atoms with Gasteiger partial charge in [0.05, 0.1) is 0 Å². The molecule has 0 aliphatic heterocycles. The standard InChI is InChI=1S/C58H69N.C2H6/c1-7-9-11-13-15-20-40-58(41-21-16-14-12-10-8-2)55-42-47(45-26-24-44(3)25-27-45)30-38-53(55)54-39-31-48(43-56(54)58)46-28-34-51(35-29-46)59(50-22-18-17-19-23-50)52-36-32-49(33-37-52)57(4,5)6;1-2/h17-19,22-39,42-43H,7-16,20-21,40-41H2,1-6H3;1-2H3. The van der Waals surface area contributed by atoms with Gasteiger partial charge in [0.25, 0.3) is 0 Å². The van der Waals surface area contributed by atoms with Crippen molar-refractivity contribution in [3.05, 3.63) is 162 Å². The van der Waals surface area contributed by atoms with Crippen molar-refractivity contribution in [2.24, 2.45) is 0 Å². The summed E-state index contributed by atoms with van der Waals surface area (Å²) in [4.78, 5) is 2.38. The fourth-order valence-electron chi connectivity index (χ4n) is 9.62. The summed E-state index contributed by atoms with van der Waals surface area (Å²) < 4.78 is 0. The second kappa shape index (κ2) is 21.8. The molecule has 0 heterocycles. The Morgan fingerprint density at radius 1 is 0.426 bits per heavy atom. The maximum atomic E-state index is 2.60. The molecule has 6 aromatic carbocycles. The van der Waals surface area contributed by atoms with Gasteiger partial charge in [0.2, 0.25) is 0 Å². The van der Waals surface area contributed by atoms with Crippen LogP contribution >= 0.6 is 0 Å². The molecule has 1 nitrogen and oxygen atoms in total. The molecule has 0 radical (unpaired) electrons. The van der Waals surface area contributed by atoms with E-state index in [1.54, 1.807) is 11.1 Å². The van der Waals surface area contributed by atoms with Crippen molar-refractivity contribution in [1.82, 2.24) is 0 Å². The molecule has 61 heavy (non-hydrogen) atoms. The first-order valence-corrected chi connectivity index (χ1v) is 24.1. The lowest BCUT2D eigenvalue weighted by Crippen LogP contribution is -2.25. The van der Waals surface area contributed by atoms with Gasteiger partial charge in [-0.15, -0.1) is 0 Å². The Kier molecular flexibility index (Phi) is 16.3. The smallest absolute Gasteiger partial charge is 0.0462 e. The number of rotatable bonds is 19. The van der Waals surface area contributed by atoms with Gasteiger partial charge < -0.3 is 4.90 Å². The summed E-state index contributed by atoms with van der Waals surface area (Å²) in [6.07, 6.45) is 18.3. The summed E-state index contributed by atoms with van der Waals surface area (Å²) in [5, 5.41) is 0. The molecule has 0 spiro atoms. The molecule has 1 aliphatic carbocycles. The Morgan fingerprint density at radius 3 is 1.28 bits per heavy atom. The molecule has 320 valence electrons. The van der Waals surface area contributed by atoms with Crippen molar-refractivity contribution in [2.45, 2.75) is 156 Å². The third-order valence-corrected chi connectivity index (χ3v) is 13.1. The fourth-order valence-corrected chi connectivity index (χ4v) is 9.62. The van der Waals surface area contributed by atoms with E-state index in [2.05, 4.69) is 186 Å². The van der Waals surface area contributed by atoms with Crippen LogP contribution in [0.1, 0.15) is 161 Å². The van der Waals surface area contributed by atoms with E-state index in [0.29, 0.717) is 0 Å². The number of unbranched alkanes of at least 4 members (excludes halogenated alkanes) is 10. The minimum Gasteiger partial charge on any atom is -0.311 e. The average Bonchev–Trinajstić information content (AvgIpc) is 3.55. The summed E-state index contributed by atoms with van der Waals surface area (Å²) in [6.45, 7) is 17.7. The average molecular weight is 810 g/mol. The summed E-state index contributed by atoms with van der Waals surface area (Å²) >= 11 is 0. The number of para-hydroxylation sites is 1. The molecule has 0 atom stereocenters. The normalized spacial score (nSPS) is 12.7. The number of aryl methyl sites for hydroxylation is 1. The minimum absolute atomic E-state index is 0.0141. The Hall–Kier alpha value is -4.88. The predicted molar refractivity (Wildman–Crippen MR) is 269 cm³/mol. The highest BCUT2D eigenvalue weighted by Gasteiger charge is 2.42. The van der Waals surface area contributed by atoms with E-state index in [-0.39, 0.29) is 10.8 Å². The Balaban J connectivity index is 0.00000307. The van der Waals surface area contributed by atoms with E-state index in [9.17, 15) is 0 Å². The van der Waals surface area contributed by atoms with Crippen LogP contribution in [0.2, 0.25) is 0 Å². The molecule has 0 unspecified atom stereocenters. The van der Waals surface area contributed by atoms with Crippen LogP contribution in [-0.2, 0) is 10.8 Å². The molecule has 1 heteroatoms. The van der Waals surface area contributed by atoms with Gasteiger partial charge in [-0.1, -0.05) is 222 Å². The number of anilines is 3. The zero-order valence-electron chi connectivity index (χ0n) is 39.1. The van der Waals surface area contributed by atoms with Gasteiger partial charge in [-0.2, -0.15) is 0 Å². The van der Waals surface area contributed by atoms with Crippen molar-refractivity contribution in [3.8, 4) is 33.4 Å². The monoisotopic (exact) mass is 810 g/mol. The van der Waals surface area contributed by atoms with Crippen LogP contribution in [0.25, 0.3) is 33.4 Å². The lowest BCUT2D eigenvalue weighted by atomic mass is 9.70. The molecule has 7 rings (SSSR count). The van der Waals surface area contributed by atoms with Gasteiger partial charge in [0.15, 0.2) is 0 Å². The van der Waals surface area contributed by atoms with Gasteiger partial charge in [0.1, 0.15) is 0 Å². The van der Waals surface area contributed by atoms with Crippen LogP contribution in [0, 0.1) is 6.92 Å². The Labute approximate surface area is 371 Å². The van der Waals surface area contributed by atoms with Crippen molar-refractivity contribution in [2.75, 3.05) is 4.90 Å². The van der Waals surface area contributed by atoms with Crippen molar-refractivity contribution < 1.29 is 0 Å². The third kappa shape index (κ3) is 11.0. The van der Waals surface area contributed by atoms with E-state index < -0.39 is 0 Å². The number of nitrogens with zero attached hydrogens (tertiary/aromatic N) is 1. The molecule has 0 N–H and O–H groups in total. The number of benzene rings is 6. The van der Waals surface area contributed by atoms with E-state index in [0.717, 1.165) is 0 Å². The van der Waals surface area contributed by atoms with E-state index in [1.807, 2.05) is 13.8 Å². The van der Waals surface area contributed by atoms with Crippen LogP contribution in [-0.4, -0.2) is 0 Å². The van der Waals surface area contributed by atoms with Gasteiger partial charge in [-0.3, -0.25) is 0 Å². The van der Waals surface area contributed by atoms with Crippen LogP contribution in [0.5, 0.6) is 0 Å². The first-order chi connectivity index (χ1) is 29.7. The highest BCUT2D eigenvalue weighted by Crippen LogP contribution is 2.56. The molecule has 0 aromatic heterocycles. The lowest BCUT2D eigenvalue weighted by Gasteiger charge is -2.33. The zero-order chi connectivity index (χ0) is 43.2. The summed E-state index contributed by atoms with van der Waals surface area (Å²) in [7, 11) is 0. The highest BCUT2D eigenvalue weighted by molar-refractivity contribution is 5.87. The highest BCUT2D eigenvalue weighted by atomic mass is 15.1. The minimum atomic E-state index is 0.0141. The zero-order valence-corrected chi connectivity index (χ0v) is 39.1. The predicted octanol–water partition coefficient (Wildman–Crippen LogP) is 18.9. The van der Waals surface area contributed by atoms with E-state index >= 15 is 0 Å². The molecule has 0 bridgehead atoms. The summed E-state index contributed by atoms with van der Waals surface area (Å²) in [5.74, 6) is 0. The third-order valence-electron chi connectivity index (χ3n) is 13.1. The number of fused-ring (bicyclic) bond motifs is 3. The first-order valence-electron chi connectivity index (χ1n) is 24.1. The largest absolute Gasteiger partial charge is 0.311 e. The topological polar surface area (TPSA) is 3.24 Å². The maximum absolute atomic E-state index is 2.60. The van der Waals surface area contributed by atoms with Crippen molar-refractivity contribution in [3.63, 3.8) is 0 Å². The van der Waals surface area contributed by atoms with Crippen LogP contribution in [0.15, 0.2) is 140 Å². The van der Waals surface area contributed by atoms with Crippen LogP contribution < -0.4 is 4.90 Å². The van der Waals surface area contributed by atoms with E-state index in [1.165, 1.54) is 151 Å². The molecule has 6 aromatic rings. The second-order valence-electron chi connectivity index (χ2n) is 18.5. The molecule has 0 fully saturated rings. The molecule has 1 aliphatic rings. The summed E-state index contributed by atoms with van der Waals surface area (Å²) in [5.41, 5.74) is 17.6. The Bertz CT molecular complexity index is 2200. The van der Waals surface area contributed by atoms with Crippen LogP contribution in [0.3, 0.4) is 0 Å². The molecule has 0 saturated carbocycles. The van der Waals surface area contributed by atoms with E-state index in [4.69, 9.17) is 0 Å². The molecular formula is C60H75N. The first kappa shape index (κ1) is 45.6. The number of hydrogen-bond acceptors (Lipinski definition) is 1. The molecule has 0 amide bonds. The van der Waals surface area contributed by atoms with Gasteiger partial charge in [-0.25, -0.2) is 0 Å². The molecular weight excluding hydrogens is 735 g/mol. The van der Waals surface area contributed by atoms with Crippen LogP contribution in [0.4, 0.5) is 17.1 Å². The van der Waals surface area contributed by atoms with Crippen molar-refractivity contribution in [1.29, 1.82) is 0 Å². The maximum Gasteiger partial charge on any atom is 0.0462 e. The fraction of sp³-hybridized carbons (Fsp3) is 0.400. The Morgan fingerprint density at radius 2 is 0.820 bits per heavy atom. The molecule has 0 saturated heterocycles. The quantitative estimate of drug-likeness (QED) is 0.0737. The summed E-state index contributed by atoms with van der Waals surface area (Å²) in [6, 6.07) is 53.2.